The average Bonchev–Trinajstić information content (AvgIpc) is 2.52. The summed E-state index contributed by atoms with van der Waals surface area (Å²) in [5.74, 6) is 3.03. The summed E-state index contributed by atoms with van der Waals surface area (Å²) in [5, 5.41) is 0. The van der Waals surface area contributed by atoms with Gasteiger partial charge in [-0.3, -0.25) is 0 Å². The Balaban J connectivity index is 1.60. The van der Waals surface area contributed by atoms with Gasteiger partial charge in [-0.25, -0.2) is 0 Å². The molecule has 0 radical (unpaired) electrons. The number of benzene rings is 2. The maximum absolute atomic E-state index is 5.66. The molecule has 110 valence electrons. The Kier molecular flexibility index (Phi) is 6.57. The first-order valence-corrected chi connectivity index (χ1v) is 8.46. The molecule has 0 fully saturated rings. The molecule has 0 heterocycles. The summed E-state index contributed by atoms with van der Waals surface area (Å²) >= 11 is 6.85. The Morgan fingerprint density at radius 1 is 1.05 bits per heavy atom. The van der Waals surface area contributed by atoms with Crippen molar-refractivity contribution in [2.24, 2.45) is 5.73 Å². The van der Waals surface area contributed by atoms with E-state index in [0.29, 0.717) is 4.99 Å². The Labute approximate surface area is 135 Å². The van der Waals surface area contributed by atoms with E-state index in [4.69, 9.17) is 22.7 Å². The molecule has 2 aromatic carbocycles. The second-order valence-electron chi connectivity index (χ2n) is 4.63. The highest BCUT2D eigenvalue weighted by Gasteiger charge is 1.98. The monoisotopic (exact) mass is 317 g/mol. The lowest BCUT2D eigenvalue weighted by Gasteiger charge is -2.06. The number of rotatable bonds is 8. The quantitative estimate of drug-likeness (QED) is 0.589. The van der Waals surface area contributed by atoms with Crippen LogP contribution in [0, 0.1) is 0 Å². The molecule has 2 rings (SSSR count). The second kappa shape index (κ2) is 8.70. The zero-order chi connectivity index (χ0) is 14.9. The molecule has 0 bridgehead atoms. The number of ether oxygens (including phenoxy) is 1. The van der Waals surface area contributed by atoms with Gasteiger partial charge < -0.3 is 10.5 Å². The van der Waals surface area contributed by atoms with E-state index in [1.807, 2.05) is 54.2 Å². The second-order valence-corrected chi connectivity index (χ2v) is 6.17. The van der Waals surface area contributed by atoms with E-state index < -0.39 is 0 Å². The third kappa shape index (κ3) is 5.78. The molecule has 2 aromatic rings. The molecule has 0 spiro atoms. The summed E-state index contributed by atoms with van der Waals surface area (Å²) in [5.41, 5.74) is 7.80. The molecule has 0 amide bonds. The van der Waals surface area contributed by atoms with Crippen molar-refractivity contribution >= 4 is 29.0 Å². The van der Waals surface area contributed by atoms with Gasteiger partial charge in [0.2, 0.25) is 0 Å². The van der Waals surface area contributed by atoms with E-state index in [0.717, 1.165) is 35.8 Å². The van der Waals surface area contributed by atoms with Gasteiger partial charge in [0.25, 0.3) is 0 Å². The van der Waals surface area contributed by atoms with E-state index in [-0.39, 0.29) is 0 Å². The molecule has 0 saturated carbocycles. The molecule has 0 aliphatic rings. The third-order valence-electron chi connectivity index (χ3n) is 2.95. The number of hydrogen-bond donors (Lipinski definition) is 1. The van der Waals surface area contributed by atoms with Crippen LogP contribution in [0.3, 0.4) is 0 Å². The van der Waals surface area contributed by atoms with Crippen LogP contribution in [0.25, 0.3) is 0 Å². The lowest BCUT2D eigenvalue weighted by atomic mass is 10.1. The zero-order valence-electron chi connectivity index (χ0n) is 11.8. The number of thiocarbonyl (C=S) groups is 1. The highest BCUT2D eigenvalue weighted by Crippen LogP contribution is 2.15. The van der Waals surface area contributed by atoms with Crippen molar-refractivity contribution in [2.75, 3.05) is 12.4 Å². The van der Waals surface area contributed by atoms with E-state index in [2.05, 4.69) is 12.1 Å². The normalized spacial score (nSPS) is 10.3. The van der Waals surface area contributed by atoms with E-state index >= 15 is 0 Å². The molecule has 0 aliphatic heterocycles. The first-order valence-electron chi connectivity index (χ1n) is 6.90. The lowest BCUT2D eigenvalue weighted by molar-refractivity contribution is 0.318. The summed E-state index contributed by atoms with van der Waals surface area (Å²) < 4.78 is 5.66. The van der Waals surface area contributed by atoms with Crippen LogP contribution in [0.4, 0.5) is 0 Å². The lowest BCUT2D eigenvalue weighted by Crippen LogP contribution is -2.08. The Hall–Kier alpha value is -1.52. The minimum atomic E-state index is 0.451. The minimum absolute atomic E-state index is 0.451. The van der Waals surface area contributed by atoms with Gasteiger partial charge in [0, 0.05) is 11.3 Å². The minimum Gasteiger partial charge on any atom is -0.494 e. The molecule has 4 heteroatoms. The first-order chi connectivity index (χ1) is 10.3. The Morgan fingerprint density at radius 3 is 2.43 bits per heavy atom. The van der Waals surface area contributed by atoms with Crippen LogP contribution >= 0.6 is 24.0 Å². The first kappa shape index (κ1) is 15.9. The number of hydrogen-bond acceptors (Lipinski definition) is 3. The van der Waals surface area contributed by atoms with Gasteiger partial charge in [-0.2, -0.15) is 11.8 Å². The molecule has 2 N–H and O–H groups in total. The molecule has 21 heavy (non-hydrogen) atoms. The fourth-order valence-corrected chi connectivity index (χ4v) is 2.85. The maximum atomic E-state index is 5.66. The predicted molar refractivity (Wildman–Crippen MR) is 95.0 cm³/mol. The summed E-state index contributed by atoms with van der Waals surface area (Å²) in [6, 6.07) is 18.1. The van der Waals surface area contributed by atoms with Crippen LogP contribution in [0.2, 0.25) is 0 Å². The van der Waals surface area contributed by atoms with Gasteiger partial charge in [0.1, 0.15) is 10.7 Å². The maximum Gasteiger partial charge on any atom is 0.119 e. The molecular weight excluding hydrogens is 298 g/mol. The van der Waals surface area contributed by atoms with Gasteiger partial charge in [-0.05, 0) is 29.9 Å². The van der Waals surface area contributed by atoms with Crippen LogP contribution in [-0.2, 0) is 5.75 Å². The number of para-hydroxylation sites is 1. The largest absolute Gasteiger partial charge is 0.494 e. The fourth-order valence-electron chi connectivity index (χ4n) is 1.82. The number of nitrogens with two attached hydrogens (primary N) is 1. The molecule has 0 aliphatic carbocycles. The molecule has 2 nitrogen and oxygen atoms in total. The molecule has 0 saturated heterocycles. The topological polar surface area (TPSA) is 35.2 Å². The summed E-state index contributed by atoms with van der Waals surface area (Å²) in [4.78, 5) is 0.451. The van der Waals surface area contributed by atoms with Gasteiger partial charge >= 0.3 is 0 Å². The van der Waals surface area contributed by atoms with Crippen molar-refractivity contribution in [1.29, 1.82) is 0 Å². The highest BCUT2D eigenvalue weighted by atomic mass is 32.2. The van der Waals surface area contributed by atoms with Gasteiger partial charge in [0.15, 0.2) is 0 Å². The Bertz CT molecular complexity index is 555. The Morgan fingerprint density at radius 2 is 1.76 bits per heavy atom. The SMILES string of the molecule is NC(=S)c1ccc(CSCCCOc2ccccc2)cc1. The van der Waals surface area contributed by atoms with Crippen molar-refractivity contribution in [3.8, 4) is 5.75 Å². The van der Waals surface area contributed by atoms with Crippen molar-refractivity contribution in [3.63, 3.8) is 0 Å². The van der Waals surface area contributed by atoms with E-state index in [9.17, 15) is 0 Å². The van der Waals surface area contributed by atoms with Crippen LogP contribution in [0.1, 0.15) is 17.5 Å². The predicted octanol–water partition coefficient (Wildman–Crippen LogP) is 4.02. The zero-order valence-corrected chi connectivity index (χ0v) is 13.5. The van der Waals surface area contributed by atoms with Crippen molar-refractivity contribution in [1.82, 2.24) is 0 Å². The average molecular weight is 317 g/mol. The van der Waals surface area contributed by atoms with Crippen molar-refractivity contribution in [2.45, 2.75) is 12.2 Å². The fraction of sp³-hybridized carbons (Fsp3) is 0.235. The van der Waals surface area contributed by atoms with E-state index in [1.165, 1.54) is 5.56 Å². The van der Waals surface area contributed by atoms with Crippen LogP contribution in [0.5, 0.6) is 5.75 Å². The summed E-state index contributed by atoms with van der Waals surface area (Å²) in [6.45, 7) is 0.761. The van der Waals surface area contributed by atoms with Crippen LogP contribution < -0.4 is 10.5 Å². The summed E-state index contributed by atoms with van der Waals surface area (Å²) in [7, 11) is 0. The van der Waals surface area contributed by atoms with Crippen molar-refractivity contribution in [3.05, 3.63) is 65.7 Å². The highest BCUT2D eigenvalue weighted by molar-refractivity contribution is 7.98. The smallest absolute Gasteiger partial charge is 0.119 e. The van der Waals surface area contributed by atoms with Gasteiger partial charge in [0.05, 0.1) is 6.61 Å². The van der Waals surface area contributed by atoms with Crippen LogP contribution in [0.15, 0.2) is 54.6 Å². The van der Waals surface area contributed by atoms with Gasteiger partial charge in [-0.1, -0.05) is 54.7 Å². The van der Waals surface area contributed by atoms with Crippen molar-refractivity contribution < 1.29 is 4.74 Å². The van der Waals surface area contributed by atoms with Crippen LogP contribution in [-0.4, -0.2) is 17.3 Å². The number of thioether (sulfide) groups is 1. The molecule has 0 aromatic heterocycles. The molecular formula is C17H19NOS2. The van der Waals surface area contributed by atoms with E-state index in [1.54, 1.807) is 0 Å². The molecule has 0 unspecified atom stereocenters. The summed E-state index contributed by atoms with van der Waals surface area (Å²) in [6.07, 6.45) is 1.05. The third-order valence-corrected chi connectivity index (χ3v) is 4.30. The van der Waals surface area contributed by atoms with Gasteiger partial charge in [-0.15, -0.1) is 0 Å². The standard InChI is InChI=1S/C17H19NOS2/c18-17(20)15-9-7-14(8-10-15)13-21-12-4-11-19-16-5-2-1-3-6-16/h1-3,5-10H,4,11-13H2,(H2,18,20). The molecule has 0 atom stereocenters.